The first kappa shape index (κ1) is 9.77. The van der Waals surface area contributed by atoms with E-state index < -0.39 is 0 Å². The Morgan fingerprint density at radius 3 is 2.71 bits per heavy atom. The number of rotatable bonds is 2. The molecule has 2 fully saturated rings. The molecule has 0 aromatic carbocycles. The molecular weight excluding hydrogens is 180 g/mol. The van der Waals surface area contributed by atoms with Gasteiger partial charge in [-0.2, -0.15) is 0 Å². The minimum atomic E-state index is 0.190. The third kappa shape index (κ3) is 1.59. The molecule has 4 heteroatoms. The lowest BCUT2D eigenvalue weighted by Crippen LogP contribution is -2.41. The summed E-state index contributed by atoms with van der Waals surface area (Å²) in [5.74, 6) is 0. The molecule has 1 unspecified atom stereocenters. The van der Waals surface area contributed by atoms with Crippen molar-refractivity contribution in [3.8, 4) is 0 Å². The SMILES string of the molecule is CC(C)N1CCN(C2CCOC2)C1=O. The highest BCUT2D eigenvalue weighted by atomic mass is 16.5. The first-order chi connectivity index (χ1) is 6.70. The molecule has 0 aliphatic carbocycles. The van der Waals surface area contributed by atoms with E-state index in [1.54, 1.807) is 0 Å². The van der Waals surface area contributed by atoms with Crippen molar-refractivity contribution >= 4 is 6.03 Å². The number of ether oxygens (including phenoxy) is 1. The van der Waals surface area contributed by atoms with Gasteiger partial charge in [0.2, 0.25) is 0 Å². The van der Waals surface area contributed by atoms with Gasteiger partial charge in [0.05, 0.1) is 12.6 Å². The van der Waals surface area contributed by atoms with E-state index >= 15 is 0 Å². The lowest BCUT2D eigenvalue weighted by molar-refractivity contribution is 0.149. The van der Waals surface area contributed by atoms with E-state index in [9.17, 15) is 4.79 Å². The fourth-order valence-corrected chi connectivity index (χ4v) is 2.16. The second kappa shape index (κ2) is 3.77. The topological polar surface area (TPSA) is 32.8 Å². The largest absolute Gasteiger partial charge is 0.379 e. The van der Waals surface area contributed by atoms with Gasteiger partial charge in [-0.15, -0.1) is 0 Å². The Morgan fingerprint density at radius 1 is 1.43 bits per heavy atom. The zero-order valence-electron chi connectivity index (χ0n) is 8.90. The molecule has 0 bridgehead atoms. The van der Waals surface area contributed by atoms with E-state index in [0.717, 1.165) is 32.7 Å². The summed E-state index contributed by atoms with van der Waals surface area (Å²) in [4.78, 5) is 15.8. The molecular formula is C10H18N2O2. The monoisotopic (exact) mass is 198 g/mol. The van der Waals surface area contributed by atoms with Crippen LogP contribution in [-0.2, 0) is 4.74 Å². The highest BCUT2D eigenvalue weighted by Crippen LogP contribution is 2.20. The highest BCUT2D eigenvalue weighted by molar-refractivity contribution is 5.77. The lowest BCUT2D eigenvalue weighted by Gasteiger charge is -2.24. The van der Waals surface area contributed by atoms with Crippen molar-refractivity contribution in [1.82, 2.24) is 9.80 Å². The molecule has 0 spiro atoms. The first-order valence-corrected chi connectivity index (χ1v) is 5.35. The molecule has 80 valence electrons. The van der Waals surface area contributed by atoms with Gasteiger partial charge in [0.25, 0.3) is 0 Å². The van der Waals surface area contributed by atoms with Crippen LogP contribution in [0.15, 0.2) is 0 Å². The molecule has 2 aliphatic heterocycles. The zero-order valence-corrected chi connectivity index (χ0v) is 8.90. The minimum Gasteiger partial charge on any atom is -0.379 e. The first-order valence-electron chi connectivity index (χ1n) is 5.35. The van der Waals surface area contributed by atoms with Gasteiger partial charge in [-0.3, -0.25) is 0 Å². The van der Waals surface area contributed by atoms with Crippen LogP contribution in [0.5, 0.6) is 0 Å². The Labute approximate surface area is 84.8 Å². The quantitative estimate of drug-likeness (QED) is 0.661. The van der Waals surface area contributed by atoms with Gasteiger partial charge in [-0.1, -0.05) is 0 Å². The van der Waals surface area contributed by atoms with E-state index in [2.05, 4.69) is 13.8 Å². The number of urea groups is 1. The van der Waals surface area contributed by atoms with Gasteiger partial charge in [-0.05, 0) is 20.3 Å². The van der Waals surface area contributed by atoms with Crippen molar-refractivity contribution in [3.63, 3.8) is 0 Å². The summed E-state index contributed by atoms with van der Waals surface area (Å²) in [7, 11) is 0. The van der Waals surface area contributed by atoms with Crippen LogP contribution in [0, 0.1) is 0 Å². The highest BCUT2D eigenvalue weighted by Gasteiger charge is 2.36. The van der Waals surface area contributed by atoms with Crippen molar-refractivity contribution < 1.29 is 9.53 Å². The van der Waals surface area contributed by atoms with E-state index in [1.807, 2.05) is 9.80 Å². The fraction of sp³-hybridized carbons (Fsp3) is 0.900. The molecule has 0 saturated carbocycles. The van der Waals surface area contributed by atoms with Gasteiger partial charge in [0.1, 0.15) is 0 Å². The van der Waals surface area contributed by atoms with Crippen LogP contribution in [0.4, 0.5) is 4.79 Å². The summed E-state index contributed by atoms with van der Waals surface area (Å²) >= 11 is 0. The number of amides is 2. The molecule has 2 rings (SSSR count). The Hall–Kier alpha value is -0.770. The van der Waals surface area contributed by atoms with E-state index in [0.29, 0.717) is 12.1 Å². The lowest BCUT2D eigenvalue weighted by atomic mass is 10.2. The molecule has 2 heterocycles. The molecule has 0 aromatic rings. The van der Waals surface area contributed by atoms with Gasteiger partial charge in [0.15, 0.2) is 0 Å². The van der Waals surface area contributed by atoms with Crippen molar-refractivity contribution in [2.45, 2.75) is 32.4 Å². The third-order valence-corrected chi connectivity index (χ3v) is 3.04. The van der Waals surface area contributed by atoms with E-state index in [1.165, 1.54) is 0 Å². The van der Waals surface area contributed by atoms with Gasteiger partial charge < -0.3 is 14.5 Å². The molecule has 2 amide bonds. The molecule has 0 radical (unpaired) electrons. The number of hydrogen-bond donors (Lipinski definition) is 0. The van der Waals surface area contributed by atoms with Crippen molar-refractivity contribution in [2.24, 2.45) is 0 Å². The summed E-state index contributed by atoms with van der Waals surface area (Å²) in [5, 5.41) is 0. The number of nitrogens with zero attached hydrogens (tertiary/aromatic N) is 2. The van der Waals surface area contributed by atoms with Crippen molar-refractivity contribution in [2.75, 3.05) is 26.3 Å². The normalized spacial score (nSPS) is 28.2. The maximum absolute atomic E-state index is 11.9. The molecule has 0 aromatic heterocycles. The van der Waals surface area contributed by atoms with Crippen LogP contribution in [0.3, 0.4) is 0 Å². The van der Waals surface area contributed by atoms with Crippen LogP contribution in [0.1, 0.15) is 20.3 Å². The number of hydrogen-bond acceptors (Lipinski definition) is 2. The minimum absolute atomic E-state index is 0.190. The smallest absolute Gasteiger partial charge is 0.320 e. The van der Waals surface area contributed by atoms with Crippen LogP contribution in [0.2, 0.25) is 0 Å². The Bertz CT molecular complexity index is 224. The second-order valence-electron chi connectivity index (χ2n) is 4.28. The van der Waals surface area contributed by atoms with E-state index in [4.69, 9.17) is 4.74 Å². The van der Waals surface area contributed by atoms with Crippen LogP contribution < -0.4 is 0 Å². The summed E-state index contributed by atoms with van der Waals surface area (Å²) in [6.07, 6.45) is 0.998. The average molecular weight is 198 g/mol. The average Bonchev–Trinajstić information content (AvgIpc) is 2.71. The van der Waals surface area contributed by atoms with Gasteiger partial charge >= 0.3 is 6.03 Å². The summed E-state index contributed by atoms with van der Waals surface area (Å²) in [6.45, 7) is 7.38. The van der Waals surface area contributed by atoms with Crippen LogP contribution in [0.25, 0.3) is 0 Å². The van der Waals surface area contributed by atoms with Crippen molar-refractivity contribution in [1.29, 1.82) is 0 Å². The molecule has 1 atom stereocenters. The molecule has 0 N–H and O–H groups in total. The summed E-state index contributed by atoms with van der Waals surface area (Å²) in [6, 6.07) is 0.830. The van der Waals surface area contributed by atoms with Gasteiger partial charge in [0, 0.05) is 25.7 Å². The van der Waals surface area contributed by atoms with Gasteiger partial charge in [-0.25, -0.2) is 4.79 Å². The number of carbonyl (C=O) groups excluding carboxylic acids is 1. The molecule has 2 aliphatic rings. The standard InChI is InChI=1S/C10H18N2O2/c1-8(2)11-4-5-12(10(11)13)9-3-6-14-7-9/h8-9H,3-7H2,1-2H3. The molecule has 2 saturated heterocycles. The van der Waals surface area contributed by atoms with Crippen LogP contribution in [-0.4, -0.2) is 54.2 Å². The predicted octanol–water partition coefficient (Wildman–Crippen LogP) is 0.921. The summed E-state index contributed by atoms with van der Waals surface area (Å²) < 4.78 is 5.30. The zero-order chi connectivity index (χ0) is 10.1. The fourth-order valence-electron chi connectivity index (χ4n) is 2.16. The predicted molar refractivity (Wildman–Crippen MR) is 53.2 cm³/mol. The third-order valence-electron chi connectivity index (χ3n) is 3.04. The van der Waals surface area contributed by atoms with Crippen molar-refractivity contribution in [3.05, 3.63) is 0 Å². The summed E-state index contributed by atoms with van der Waals surface area (Å²) in [5.41, 5.74) is 0. The molecule has 14 heavy (non-hydrogen) atoms. The number of carbonyl (C=O) groups is 1. The van der Waals surface area contributed by atoms with E-state index in [-0.39, 0.29) is 6.03 Å². The van der Waals surface area contributed by atoms with Crippen LogP contribution >= 0.6 is 0 Å². The molecule has 4 nitrogen and oxygen atoms in total. The second-order valence-corrected chi connectivity index (χ2v) is 4.28. The Morgan fingerprint density at radius 2 is 2.21 bits per heavy atom. The maximum atomic E-state index is 11.9. The maximum Gasteiger partial charge on any atom is 0.320 e. The Kier molecular flexibility index (Phi) is 2.63. The Balaban J connectivity index is 1.99.